The van der Waals surface area contributed by atoms with E-state index in [2.05, 4.69) is 31.9 Å². The minimum absolute atomic E-state index is 0.0826. The summed E-state index contributed by atoms with van der Waals surface area (Å²) >= 11 is 6.45. The molecule has 0 aliphatic heterocycles. The predicted molar refractivity (Wildman–Crippen MR) is 74.4 cm³/mol. The van der Waals surface area contributed by atoms with Gasteiger partial charge in [-0.05, 0) is 18.1 Å². The molecule has 2 unspecified atom stereocenters. The van der Waals surface area contributed by atoms with Gasteiger partial charge in [-0.15, -0.1) is 0 Å². The van der Waals surface area contributed by atoms with Crippen molar-refractivity contribution in [2.75, 3.05) is 0 Å². The molecule has 0 aliphatic rings. The van der Waals surface area contributed by atoms with Crippen LogP contribution in [0, 0.1) is 0 Å². The van der Waals surface area contributed by atoms with Gasteiger partial charge in [0.05, 0.1) is 4.83 Å². The van der Waals surface area contributed by atoms with E-state index in [-0.39, 0.29) is 16.2 Å². The van der Waals surface area contributed by atoms with Crippen LogP contribution in [0.3, 0.4) is 0 Å². The number of carbonyl (C=O) groups excluding carboxylic acids is 1. The summed E-state index contributed by atoms with van der Waals surface area (Å²) in [5, 5.41) is 18.6. The Morgan fingerprint density at radius 3 is 2.44 bits per heavy atom. The fraction of sp³-hybridized carbons (Fsp3) is 0.333. The monoisotopic (exact) mass is 378 g/mol. The lowest BCUT2D eigenvalue weighted by atomic mass is 9.98. The summed E-state index contributed by atoms with van der Waals surface area (Å²) < 4.78 is 0. The quantitative estimate of drug-likeness (QED) is 0.609. The Morgan fingerprint density at radius 2 is 2.00 bits per heavy atom. The van der Waals surface area contributed by atoms with Gasteiger partial charge >= 0.3 is 5.97 Å². The van der Waals surface area contributed by atoms with Crippen molar-refractivity contribution in [3.63, 3.8) is 0 Å². The Kier molecular flexibility index (Phi) is 5.49. The van der Waals surface area contributed by atoms with Gasteiger partial charge in [-0.25, -0.2) is 4.79 Å². The first kappa shape index (κ1) is 15.3. The zero-order valence-electron chi connectivity index (χ0n) is 9.56. The number of aliphatic hydroxyl groups is 1. The highest BCUT2D eigenvalue weighted by atomic mass is 79.9. The number of carboxylic acids is 1. The molecule has 0 amide bonds. The summed E-state index contributed by atoms with van der Waals surface area (Å²) in [4.78, 5) is 22.3. The van der Waals surface area contributed by atoms with Crippen LogP contribution in [0.25, 0.3) is 0 Å². The van der Waals surface area contributed by atoms with Gasteiger partial charge in [0.1, 0.15) is 0 Å². The number of benzene rings is 1. The van der Waals surface area contributed by atoms with Crippen LogP contribution < -0.4 is 0 Å². The van der Waals surface area contributed by atoms with Gasteiger partial charge in [0.25, 0.3) is 0 Å². The molecule has 1 aromatic rings. The molecule has 6 heteroatoms. The molecule has 1 aromatic carbocycles. The second-order valence-corrected chi connectivity index (χ2v) is 5.71. The lowest BCUT2D eigenvalue weighted by Crippen LogP contribution is -2.15. The minimum Gasteiger partial charge on any atom is -0.479 e. The van der Waals surface area contributed by atoms with Crippen molar-refractivity contribution in [1.82, 2.24) is 0 Å². The molecule has 2 N–H and O–H groups in total. The molecule has 0 bridgehead atoms. The number of rotatable bonds is 5. The summed E-state index contributed by atoms with van der Waals surface area (Å²) in [7, 11) is 0. The highest BCUT2D eigenvalue weighted by molar-refractivity contribution is 9.10. The third-order valence-corrected chi connectivity index (χ3v) is 3.47. The van der Waals surface area contributed by atoms with Gasteiger partial charge < -0.3 is 10.2 Å². The van der Waals surface area contributed by atoms with Crippen LogP contribution in [0.15, 0.2) is 18.2 Å². The number of halogens is 2. The van der Waals surface area contributed by atoms with Crippen molar-refractivity contribution in [2.45, 2.75) is 23.2 Å². The number of Topliss-reactive ketones (excluding diaryl/α,β-unsaturated/α-hetero) is 1. The Hall–Kier alpha value is -0.720. The van der Waals surface area contributed by atoms with Crippen molar-refractivity contribution in [2.24, 2.45) is 0 Å². The van der Waals surface area contributed by atoms with Crippen molar-refractivity contribution >= 4 is 43.6 Å². The molecule has 0 radical (unpaired) electrons. The topological polar surface area (TPSA) is 74.6 Å². The lowest BCUT2D eigenvalue weighted by molar-refractivity contribution is -0.146. The molecule has 18 heavy (non-hydrogen) atoms. The van der Waals surface area contributed by atoms with E-state index in [1.165, 1.54) is 18.2 Å². The summed E-state index contributed by atoms with van der Waals surface area (Å²) in [6, 6.07) is 4.52. The lowest BCUT2D eigenvalue weighted by Gasteiger charge is -2.12. The van der Waals surface area contributed by atoms with Crippen molar-refractivity contribution < 1.29 is 19.8 Å². The zero-order chi connectivity index (χ0) is 13.9. The van der Waals surface area contributed by atoms with Crippen LogP contribution in [-0.4, -0.2) is 26.8 Å². The van der Waals surface area contributed by atoms with Crippen molar-refractivity contribution in [1.29, 1.82) is 0 Å². The Bertz CT molecular complexity index is 471. The van der Waals surface area contributed by atoms with Crippen LogP contribution in [0.5, 0.6) is 0 Å². The summed E-state index contributed by atoms with van der Waals surface area (Å²) in [6.45, 7) is 1.72. The largest absolute Gasteiger partial charge is 0.479 e. The van der Waals surface area contributed by atoms with Crippen LogP contribution in [0.2, 0.25) is 0 Å². The average Bonchev–Trinajstić information content (AvgIpc) is 2.35. The van der Waals surface area contributed by atoms with Crippen molar-refractivity contribution in [3.05, 3.63) is 34.9 Å². The van der Waals surface area contributed by atoms with E-state index in [0.717, 1.165) is 0 Å². The fourth-order valence-corrected chi connectivity index (χ4v) is 2.20. The van der Waals surface area contributed by atoms with Gasteiger partial charge in [0.2, 0.25) is 0 Å². The first-order valence-electron chi connectivity index (χ1n) is 5.16. The summed E-state index contributed by atoms with van der Waals surface area (Å²) in [5.41, 5.74) is 1.43. The molecule has 1 rings (SSSR count). The van der Waals surface area contributed by atoms with Gasteiger partial charge in [-0.1, -0.05) is 50.1 Å². The number of aliphatic carboxylic acids is 1. The van der Waals surface area contributed by atoms with Crippen LogP contribution in [-0.2, 0) is 10.1 Å². The van der Waals surface area contributed by atoms with E-state index in [0.29, 0.717) is 16.5 Å². The molecule has 0 aromatic heterocycles. The molecule has 2 atom stereocenters. The molecule has 98 valence electrons. The molecule has 0 spiro atoms. The number of aliphatic hydroxyl groups excluding tert-OH is 1. The van der Waals surface area contributed by atoms with Gasteiger partial charge in [-0.3, -0.25) is 4.79 Å². The number of carboxylic acid groups (broad SMARTS) is 1. The third-order valence-electron chi connectivity index (χ3n) is 2.45. The maximum Gasteiger partial charge on any atom is 0.337 e. The van der Waals surface area contributed by atoms with Crippen LogP contribution in [0.4, 0.5) is 0 Å². The predicted octanol–water partition coefficient (Wildman–Crippen LogP) is 2.67. The summed E-state index contributed by atoms with van der Waals surface area (Å²) in [5.74, 6) is -1.40. The van der Waals surface area contributed by atoms with Gasteiger partial charge in [-0.2, -0.15) is 0 Å². The second-order valence-electron chi connectivity index (χ2n) is 3.77. The molecule has 0 heterocycles. The van der Waals surface area contributed by atoms with Gasteiger partial charge in [0.15, 0.2) is 11.9 Å². The zero-order valence-corrected chi connectivity index (χ0v) is 12.7. The molecule has 0 saturated carbocycles. The van der Waals surface area contributed by atoms with Crippen molar-refractivity contribution in [3.8, 4) is 0 Å². The molecule has 0 fully saturated rings. The number of carbonyl (C=O) groups is 2. The van der Waals surface area contributed by atoms with E-state index in [1.807, 2.05) is 0 Å². The Morgan fingerprint density at radius 1 is 1.39 bits per heavy atom. The smallest absolute Gasteiger partial charge is 0.337 e. The Balaban J connectivity index is 3.19. The number of alkyl halides is 2. The van der Waals surface area contributed by atoms with Crippen LogP contribution in [0.1, 0.15) is 34.5 Å². The first-order valence-corrected chi connectivity index (χ1v) is 7.20. The highest BCUT2D eigenvalue weighted by Crippen LogP contribution is 2.22. The average molecular weight is 380 g/mol. The molecule has 0 saturated heterocycles. The molecular weight excluding hydrogens is 368 g/mol. The SMILES string of the molecule is CC(Br)C(=O)c1ccc(C(O)C(=O)O)cc1CBr. The number of hydrogen-bond acceptors (Lipinski definition) is 3. The fourth-order valence-electron chi connectivity index (χ4n) is 1.49. The first-order chi connectivity index (χ1) is 8.38. The number of ketones is 1. The Labute approximate surface area is 121 Å². The van der Waals surface area contributed by atoms with Gasteiger partial charge in [0, 0.05) is 10.9 Å². The van der Waals surface area contributed by atoms with E-state index in [4.69, 9.17) is 5.11 Å². The maximum atomic E-state index is 11.9. The minimum atomic E-state index is -1.58. The van der Waals surface area contributed by atoms with Crippen LogP contribution >= 0.6 is 31.9 Å². The highest BCUT2D eigenvalue weighted by Gasteiger charge is 2.20. The second kappa shape index (κ2) is 6.45. The molecule has 0 aliphatic carbocycles. The van der Waals surface area contributed by atoms with E-state index in [9.17, 15) is 14.7 Å². The summed E-state index contributed by atoms with van der Waals surface area (Å²) in [6.07, 6.45) is -1.58. The van der Waals surface area contributed by atoms with E-state index < -0.39 is 12.1 Å². The molecular formula is C12H12Br2O4. The molecule has 4 nitrogen and oxygen atoms in total. The van der Waals surface area contributed by atoms with E-state index >= 15 is 0 Å². The normalized spacial score (nSPS) is 14.0. The standard InChI is InChI=1S/C12H12Br2O4/c1-6(14)10(15)9-3-2-7(4-8(9)5-13)11(16)12(17)18/h2-4,6,11,16H,5H2,1H3,(H,17,18). The number of hydrogen-bond donors (Lipinski definition) is 2. The maximum absolute atomic E-state index is 11.9. The third kappa shape index (κ3) is 3.40. The van der Waals surface area contributed by atoms with E-state index in [1.54, 1.807) is 6.92 Å².